The molecule has 3 nitrogen and oxygen atoms in total. The lowest BCUT2D eigenvalue weighted by Gasteiger charge is -2.19. The zero-order chi connectivity index (χ0) is 13.0. The van der Waals surface area contributed by atoms with Gasteiger partial charge in [0.2, 0.25) is 0 Å². The largest absolute Gasteiger partial charge is 0.491 e. The summed E-state index contributed by atoms with van der Waals surface area (Å²) in [5.41, 5.74) is 0. The van der Waals surface area contributed by atoms with Gasteiger partial charge in [0.05, 0.1) is 6.10 Å². The number of halogens is 1. The van der Waals surface area contributed by atoms with E-state index in [1.165, 1.54) is 0 Å². The Balaban J connectivity index is 1.78. The van der Waals surface area contributed by atoms with E-state index in [-0.39, 0.29) is 0 Å². The molecular formula is C14H20ClNO2. The van der Waals surface area contributed by atoms with Crippen LogP contribution in [0.25, 0.3) is 0 Å². The molecule has 1 aliphatic heterocycles. The highest BCUT2D eigenvalue weighted by Crippen LogP contribution is 2.21. The summed E-state index contributed by atoms with van der Waals surface area (Å²) in [5.74, 6) is 1.08. The lowest BCUT2D eigenvalue weighted by molar-refractivity contribution is 0.0599. The van der Waals surface area contributed by atoms with Gasteiger partial charge in [0, 0.05) is 17.5 Å². The van der Waals surface area contributed by atoms with Crippen molar-refractivity contribution in [3.05, 3.63) is 29.3 Å². The van der Waals surface area contributed by atoms with Gasteiger partial charge in [-0.25, -0.2) is 0 Å². The first-order valence-corrected chi connectivity index (χ1v) is 6.85. The molecule has 0 saturated carbocycles. The standard InChI is InChI=1S/C14H20ClNO2/c1-2-16-8-7-11(9-16)14(17)10-18-13-5-3-12(15)4-6-13/h3-6,11,14,17H,2,7-10H2,1H3. The Kier molecular flexibility index (Phi) is 4.87. The number of rotatable bonds is 5. The summed E-state index contributed by atoms with van der Waals surface area (Å²) in [5, 5.41) is 10.8. The van der Waals surface area contributed by atoms with Gasteiger partial charge in [0.1, 0.15) is 12.4 Å². The first-order valence-electron chi connectivity index (χ1n) is 6.48. The van der Waals surface area contributed by atoms with Crippen LogP contribution in [-0.4, -0.2) is 42.4 Å². The van der Waals surface area contributed by atoms with E-state index in [9.17, 15) is 5.11 Å². The van der Waals surface area contributed by atoms with Crippen LogP contribution >= 0.6 is 11.6 Å². The number of likely N-dealkylation sites (tertiary alicyclic amines) is 1. The summed E-state index contributed by atoms with van der Waals surface area (Å²) in [6, 6.07) is 7.22. The fourth-order valence-corrected chi connectivity index (χ4v) is 2.44. The number of hydrogen-bond donors (Lipinski definition) is 1. The molecule has 1 aromatic carbocycles. The molecular weight excluding hydrogens is 250 g/mol. The smallest absolute Gasteiger partial charge is 0.119 e. The first kappa shape index (κ1) is 13.7. The topological polar surface area (TPSA) is 32.7 Å². The van der Waals surface area contributed by atoms with Crippen molar-refractivity contribution < 1.29 is 9.84 Å². The van der Waals surface area contributed by atoms with Crippen molar-refractivity contribution in [1.29, 1.82) is 0 Å². The number of ether oxygens (including phenoxy) is 1. The minimum atomic E-state index is -0.391. The van der Waals surface area contributed by atoms with E-state index in [1.54, 1.807) is 12.1 Å². The number of aliphatic hydroxyl groups is 1. The predicted octanol–water partition coefficient (Wildman–Crippen LogP) is 2.42. The maximum absolute atomic E-state index is 10.1. The molecule has 0 aromatic heterocycles. The highest BCUT2D eigenvalue weighted by Gasteiger charge is 2.27. The Morgan fingerprint density at radius 2 is 2.17 bits per heavy atom. The van der Waals surface area contributed by atoms with E-state index in [0.717, 1.165) is 31.8 Å². The lowest BCUT2D eigenvalue weighted by Crippen LogP contribution is -2.30. The Morgan fingerprint density at radius 3 is 2.78 bits per heavy atom. The van der Waals surface area contributed by atoms with Crippen molar-refractivity contribution in [2.75, 3.05) is 26.2 Å². The zero-order valence-corrected chi connectivity index (χ0v) is 11.4. The third-order valence-electron chi connectivity index (χ3n) is 3.53. The van der Waals surface area contributed by atoms with Crippen LogP contribution in [0.1, 0.15) is 13.3 Å². The monoisotopic (exact) mass is 269 g/mol. The molecule has 0 amide bonds. The Hall–Kier alpha value is -0.770. The Bertz CT molecular complexity index is 369. The second kappa shape index (κ2) is 6.41. The van der Waals surface area contributed by atoms with Gasteiger partial charge in [-0.2, -0.15) is 0 Å². The number of benzene rings is 1. The molecule has 0 aliphatic carbocycles. The van der Waals surface area contributed by atoms with Crippen LogP contribution in [0, 0.1) is 5.92 Å². The van der Waals surface area contributed by atoms with E-state index < -0.39 is 6.10 Å². The maximum Gasteiger partial charge on any atom is 0.119 e. The van der Waals surface area contributed by atoms with E-state index in [2.05, 4.69) is 11.8 Å². The minimum absolute atomic E-state index is 0.331. The molecule has 0 bridgehead atoms. The van der Waals surface area contributed by atoms with E-state index in [0.29, 0.717) is 17.5 Å². The molecule has 2 rings (SSSR count). The maximum atomic E-state index is 10.1. The van der Waals surface area contributed by atoms with Gasteiger partial charge in [-0.15, -0.1) is 0 Å². The molecule has 1 heterocycles. The molecule has 1 fully saturated rings. The van der Waals surface area contributed by atoms with Crippen LogP contribution in [0.2, 0.25) is 5.02 Å². The third-order valence-corrected chi connectivity index (χ3v) is 3.79. The van der Waals surface area contributed by atoms with Crippen molar-refractivity contribution in [1.82, 2.24) is 4.90 Å². The van der Waals surface area contributed by atoms with E-state index in [1.807, 2.05) is 12.1 Å². The molecule has 0 radical (unpaired) electrons. The molecule has 18 heavy (non-hydrogen) atoms. The Morgan fingerprint density at radius 1 is 1.44 bits per heavy atom. The molecule has 2 unspecified atom stereocenters. The summed E-state index contributed by atoms with van der Waals surface area (Å²) < 4.78 is 5.58. The molecule has 0 spiro atoms. The van der Waals surface area contributed by atoms with Gasteiger partial charge in [0.25, 0.3) is 0 Å². The number of nitrogens with zero attached hydrogens (tertiary/aromatic N) is 1. The summed E-state index contributed by atoms with van der Waals surface area (Å²) in [4.78, 5) is 2.36. The second-order valence-electron chi connectivity index (χ2n) is 4.77. The van der Waals surface area contributed by atoms with Crippen molar-refractivity contribution >= 4 is 11.6 Å². The van der Waals surface area contributed by atoms with Crippen LogP contribution in [0.5, 0.6) is 5.75 Å². The molecule has 1 N–H and O–H groups in total. The second-order valence-corrected chi connectivity index (χ2v) is 5.21. The first-order chi connectivity index (χ1) is 8.69. The molecule has 100 valence electrons. The molecule has 1 aliphatic rings. The summed E-state index contributed by atoms with van der Waals surface area (Å²) >= 11 is 5.80. The fourth-order valence-electron chi connectivity index (χ4n) is 2.31. The molecule has 1 aromatic rings. The van der Waals surface area contributed by atoms with Gasteiger partial charge < -0.3 is 14.7 Å². The fraction of sp³-hybridized carbons (Fsp3) is 0.571. The normalized spacial score (nSPS) is 22.1. The van der Waals surface area contributed by atoms with Gasteiger partial charge in [-0.1, -0.05) is 18.5 Å². The molecule has 2 atom stereocenters. The molecule has 4 heteroatoms. The SMILES string of the molecule is CCN1CCC(C(O)COc2ccc(Cl)cc2)C1. The third kappa shape index (κ3) is 3.61. The molecule has 1 saturated heterocycles. The van der Waals surface area contributed by atoms with Crippen molar-refractivity contribution in [3.8, 4) is 5.75 Å². The summed E-state index contributed by atoms with van der Waals surface area (Å²) in [7, 11) is 0. The Labute approximate surface area is 113 Å². The zero-order valence-electron chi connectivity index (χ0n) is 10.7. The van der Waals surface area contributed by atoms with E-state index >= 15 is 0 Å². The van der Waals surface area contributed by atoms with Gasteiger partial charge in [0.15, 0.2) is 0 Å². The van der Waals surface area contributed by atoms with Gasteiger partial charge >= 0.3 is 0 Å². The van der Waals surface area contributed by atoms with Crippen molar-refractivity contribution in [3.63, 3.8) is 0 Å². The highest BCUT2D eigenvalue weighted by molar-refractivity contribution is 6.30. The van der Waals surface area contributed by atoms with Crippen LogP contribution in [0.15, 0.2) is 24.3 Å². The van der Waals surface area contributed by atoms with Gasteiger partial charge in [-0.3, -0.25) is 0 Å². The summed E-state index contributed by atoms with van der Waals surface area (Å²) in [6.45, 7) is 5.62. The van der Waals surface area contributed by atoms with Crippen LogP contribution in [0.4, 0.5) is 0 Å². The van der Waals surface area contributed by atoms with Crippen LogP contribution in [0.3, 0.4) is 0 Å². The average molecular weight is 270 g/mol. The quantitative estimate of drug-likeness (QED) is 0.891. The summed E-state index contributed by atoms with van der Waals surface area (Å²) in [6.07, 6.45) is 0.663. The van der Waals surface area contributed by atoms with Crippen LogP contribution < -0.4 is 4.74 Å². The van der Waals surface area contributed by atoms with Crippen molar-refractivity contribution in [2.45, 2.75) is 19.4 Å². The number of aliphatic hydroxyl groups excluding tert-OH is 1. The minimum Gasteiger partial charge on any atom is -0.491 e. The van der Waals surface area contributed by atoms with Crippen molar-refractivity contribution in [2.24, 2.45) is 5.92 Å². The van der Waals surface area contributed by atoms with E-state index in [4.69, 9.17) is 16.3 Å². The lowest BCUT2D eigenvalue weighted by atomic mass is 10.0. The van der Waals surface area contributed by atoms with Crippen LogP contribution in [-0.2, 0) is 0 Å². The van der Waals surface area contributed by atoms with Gasteiger partial charge in [-0.05, 0) is 43.8 Å². The number of hydrogen-bond acceptors (Lipinski definition) is 3. The average Bonchev–Trinajstić information content (AvgIpc) is 2.86. The highest BCUT2D eigenvalue weighted by atomic mass is 35.5. The predicted molar refractivity (Wildman–Crippen MR) is 73.2 cm³/mol.